The van der Waals surface area contributed by atoms with Crippen molar-refractivity contribution in [1.82, 2.24) is 18.9 Å². The quantitative estimate of drug-likeness (QED) is 0.138. The molecule has 6 aromatic rings. The van der Waals surface area contributed by atoms with Crippen LogP contribution in [0, 0.1) is 35.9 Å². The van der Waals surface area contributed by atoms with Gasteiger partial charge >= 0.3 is 0 Å². The van der Waals surface area contributed by atoms with Gasteiger partial charge in [-0.05, 0) is 70.6 Å². The normalized spacial score (nSPS) is 20.8. The molecule has 2 unspecified atom stereocenters. The number of aromatic nitrogens is 4. The van der Waals surface area contributed by atoms with E-state index in [1.165, 1.54) is 22.8 Å². The van der Waals surface area contributed by atoms with Crippen molar-refractivity contribution < 1.29 is 17.2 Å². The van der Waals surface area contributed by atoms with Gasteiger partial charge < -0.3 is 9.74 Å². The first-order valence-corrected chi connectivity index (χ1v) is 22.9. The summed E-state index contributed by atoms with van der Waals surface area (Å²) in [6, 6.07) is 29.4. The molecular formula is C44H47ClFN5O3SSi. The lowest BCUT2D eigenvalue weighted by Gasteiger charge is -2.63. The molecule has 290 valence electrons. The molecule has 3 aromatic heterocycles. The Labute approximate surface area is 334 Å². The predicted octanol–water partition coefficient (Wildman–Crippen LogP) is 8.87. The smallest absolute Gasteiger partial charge is 0.269 e. The largest absolute Gasteiger partial charge is 0.407 e. The number of hydrogen-bond acceptors (Lipinski definition) is 7. The minimum absolute atomic E-state index is 0.0537. The number of rotatable bonds is 10. The Hall–Kier alpha value is -4.42. The van der Waals surface area contributed by atoms with E-state index in [1.54, 1.807) is 30.3 Å². The number of halogens is 2. The first-order valence-electron chi connectivity index (χ1n) is 19.1. The lowest BCUT2D eigenvalue weighted by atomic mass is 9.45. The Bertz CT molecular complexity index is 2470. The highest BCUT2D eigenvalue weighted by atomic mass is 35.5. The fourth-order valence-electron chi connectivity index (χ4n) is 9.29. The fraction of sp³-hybridized carbons (Fsp3) is 0.341. The van der Waals surface area contributed by atoms with E-state index >= 15 is 4.39 Å². The van der Waals surface area contributed by atoms with Gasteiger partial charge in [0.2, 0.25) is 0 Å². The van der Waals surface area contributed by atoms with Gasteiger partial charge in [-0.2, -0.15) is 0 Å². The molecule has 0 saturated heterocycles. The number of fused-ring (bicyclic) bond motifs is 3. The van der Waals surface area contributed by atoms with E-state index < -0.39 is 24.2 Å². The van der Waals surface area contributed by atoms with Gasteiger partial charge in [0.05, 0.1) is 16.1 Å². The van der Waals surface area contributed by atoms with Gasteiger partial charge in [-0.3, -0.25) is 0 Å². The molecule has 4 atom stereocenters. The van der Waals surface area contributed by atoms with Crippen LogP contribution in [0.15, 0.2) is 114 Å². The Morgan fingerprint density at radius 2 is 1.59 bits per heavy atom. The van der Waals surface area contributed by atoms with Gasteiger partial charge in [0.1, 0.15) is 0 Å². The minimum atomic E-state index is -4.06. The summed E-state index contributed by atoms with van der Waals surface area (Å²) in [7, 11) is -6.89. The minimum Gasteiger partial charge on any atom is -0.407 e. The highest BCUT2D eigenvalue weighted by Gasteiger charge is 2.59. The van der Waals surface area contributed by atoms with Crippen LogP contribution < -0.4 is 15.7 Å². The van der Waals surface area contributed by atoms with E-state index in [4.69, 9.17) is 21.0 Å². The van der Waals surface area contributed by atoms with Gasteiger partial charge in [0.15, 0.2) is 23.1 Å². The monoisotopic (exact) mass is 807 g/mol. The van der Waals surface area contributed by atoms with E-state index in [9.17, 15) is 8.42 Å². The second kappa shape index (κ2) is 14.2. The first-order chi connectivity index (χ1) is 26.6. The lowest BCUT2D eigenvalue weighted by molar-refractivity contribution is -0.106. The predicted molar refractivity (Wildman–Crippen MR) is 224 cm³/mol. The third-order valence-corrected chi connectivity index (χ3v) is 19.3. The van der Waals surface area contributed by atoms with Gasteiger partial charge in [-0.1, -0.05) is 125 Å². The first kappa shape index (κ1) is 38.5. The van der Waals surface area contributed by atoms with Crippen LogP contribution in [0.2, 0.25) is 10.1 Å². The lowest BCUT2D eigenvalue weighted by Crippen LogP contribution is -2.68. The molecule has 3 aliphatic rings. The molecule has 8 nitrogen and oxygen atoms in total. The van der Waals surface area contributed by atoms with Crippen LogP contribution in [0.3, 0.4) is 0 Å². The number of hydrogen-bond donors (Lipinski definition) is 1. The summed E-state index contributed by atoms with van der Waals surface area (Å²) in [5.74, 6) is 0.498. The standard InChI is InChI=1S/C44H47ClFN5O3SSi/c1-28-17-19-32(20-18-28)55(52,53)51-26-36(35-23-31(45)24-48-42(35)51)40-47-25-38(46)41(50-40)49-39-29(21-30-22-37(39)44(30,5)6)27-54-56(43(2,3)4,33-13-9-7-10-14-33)34-15-11-8-12-16-34/h7-20,23-26,29-30,37,39H,21-22,27H2,1-6H3,(H,47,49,50)/t29-,30?,37+,39?/m1/s1. The molecule has 1 N–H and O–H groups in total. The summed E-state index contributed by atoms with van der Waals surface area (Å²) in [6.07, 6.45) is 5.97. The third kappa shape index (κ3) is 6.46. The van der Waals surface area contributed by atoms with Crippen LogP contribution in [0.1, 0.15) is 53.0 Å². The highest BCUT2D eigenvalue weighted by molar-refractivity contribution is 7.90. The molecule has 0 spiro atoms. The third-order valence-electron chi connectivity index (χ3n) is 12.5. The molecule has 3 saturated carbocycles. The van der Waals surface area contributed by atoms with Crippen LogP contribution in [-0.4, -0.2) is 48.3 Å². The van der Waals surface area contributed by atoms with Crippen molar-refractivity contribution in [3.8, 4) is 11.4 Å². The summed E-state index contributed by atoms with van der Waals surface area (Å²) in [5.41, 5.74) is 1.52. The number of nitrogens with zero attached hydrogens (tertiary/aromatic N) is 4. The molecule has 3 heterocycles. The van der Waals surface area contributed by atoms with E-state index in [0.717, 1.165) is 28.6 Å². The van der Waals surface area contributed by atoms with E-state index in [-0.39, 0.29) is 50.5 Å². The summed E-state index contributed by atoms with van der Waals surface area (Å²) in [5, 5.41) is 6.57. The molecule has 3 aliphatic carbocycles. The molecule has 0 aliphatic heterocycles. The maximum absolute atomic E-state index is 16.0. The molecule has 3 aromatic carbocycles. The number of nitrogens with one attached hydrogen (secondary N) is 1. The van der Waals surface area contributed by atoms with E-state index in [1.807, 2.05) is 19.1 Å². The Balaban J connectivity index is 1.16. The van der Waals surface area contributed by atoms with Crippen LogP contribution in [0.5, 0.6) is 0 Å². The zero-order valence-corrected chi connectivity index (χ0v) is 35.1. The number of aryl methyl sites for hydroxylation is 1. The SMILES string of the molecule is Cc1ccc(S(=O)(=O)n2cc(-c3ncc(F)c(NC4[C@@H](CO[Si](c5ccccc5)(c5ccccc5)C(C)(C)C)CC5C[C@@H]4C5(C)C)n3)c3cc(Cl)cnc32)cc1. The molecule has 9 rings (SSSR count). The fourth-order valence-corrected chi connectivity index (χ4v) is 15.4. The second-order valence-electron chi connectivity index (χ2n) is 17.1. The molecule has 56 heavy (non-hydrogen) atoms. The second-order valence-corrected chi connectivity index (χ2v) is 23.6. The molecular weight excluding hydrogens is 761 g/mol. The summed E-state index contributed by atoms with van der Waals surface area (Å²) < 4.78 is 52.4. The Morgan fingerprint density at radius 3 is 2.20 bits per heavy atom. The average Bonchev–Trinajstić information content (AvgIpc) is 3.56. The van der Waals surface area contributed by atoms with E-state index in [0.29, 0.717) is 28.5 Å². The summed E-state index contributed by atoms with van der Waals surface area (Å²) >= 11 is 6.41. The van der Waals surface area contributed by atoms with Gasteiger partial charge in [-0.15, -0.1) is 0 Å². The number of anilines is 1. The Kier molecular flexibility index (Phi) is 9.75. The van der Waals surface area contributed by atoms with Crippen molar-refractivity contribution in [3.05, 3.63) is 126 Å². The topological polar surface area (TPSA) is 99.0 Å². The van der Waals surface area contributed by atoms with Gasteiger partial charge in [-0.25, -0.2) is 31.7 Å². The number of benzene rings is 3. The van der Waals surface area contributed by atoms with Crippen LogP contribution in [0.4, 0.5) is 10.2 Å². The van der Waals surface area contributed by atoms with Crippen molar-refractivity contribution in [2.75, 3.05) is 11.9 Å². The van der Waals surface area contributed by atoms with E-state index in [2.05, 4.69) is 98.4 Å². The zero-order valence-electron chi connectivity index (χ0n) is 32.5. The van der Waals surface area contributed by atoms with Crippen LogP contribution >= 0.6 is 11.6 Å². The molecule has 3 fully saturated rings. The van der Waals surface area contributed by atoms with Crippen LogP contribution in [-0.2, 0) is 14.4 Å². The molecule has 2 bridgehead atoms. The number of pyridine rings is 1. The van der Waals surface area contributed by atoms with Crippen molar-refractivity contribution in [3.63, 3.8) is 0 Å². The van der Waals surface area contributed by atoms with Gasteiger partial charge in [0, 0.05) is 41.9 Å². The van der Waals surface area contributed by atoms with Crippen LogP contribution in [0.25, 0.3) is 22.4 Å². The molecule has 12 heteroatoms. The highest BCUT2D eigenvalue weighted by Crippen LogP contribution is 2.61. The maximum atomic E-state index is 16.0. The maximum Gasteiger partial charge on any atom is 0.269 e. The molecule has 0 radical (unpaired) electrons. The zero-order chi connectivity index (χ0) is 39.6. The molecule has 0 amide bonds. The van der Waals surface area contributed by atoms with Gasteiger partial charge in [0.25, 0.3) is 18.3 Å². The summed E-state index contributed by atoms with van der Waals surface area (Å²) in [4.78, 5) is 13.7. The average molecular weight is 808 g/mol. The van der Waals surface area contributed by atoms with Crippen molar-refractivity contribution in [2.24, 2.45) is 23.2 Å². The Morgan fingerprint density at radius 1 is 0.946 bits per heavy atom. The summed E-state index contributed by atoms with van der Waals surface area (Å²) in [6.45, 7) is 13.8. The van der Waals surface area contributed by atoms with Crippen molar-refractivity contribution in [1.29, 1.82) is 0 Å². The van der Waals surface area contributed by atoms with Crippen molar-refractivity contribution >= 4 is 57.2 Å². The van der Waals surface area contributed by atoms with Crippen molar-refractivity contribution in [2.45, 2.75) is 70.4 Å².